The predicted molar refractivity (Wildman–Crippen MR) is 140 cm³/mol. The summed E-state index contributed by atoms with van der Waals surface area (Å²) in [7, 11) is 3.70. The zero-order valence-electron chi connectivity index (χ0n) is 20.9. The molecule has 10 nitrogen and oxygen atoms in total. The van der Waals surface area contributed by atoms with Gasteiger partial charge in [-0.3, -0.25) is 4.68 Å². The second kappa shape index (κ2) is 10.7. The molecule has 36 heavy (non-hydrogen) atoms. The van der Waals surface area contributed by atoms with Gasteiger partial charge in [-0.25, -0.2) is 19.6 Å². The number of hydrogen-bond donors (Lipinski definition) is 2. The lowest BCUT2D eigenvalue weighted by atomic mass is 10.1. The second-order valence-electron chi connectivity index (χ2n) is 8.48. The zero-order valence-corrected chi connectivity index (χ0v) is 21.6. The van der Waals surface area contributed by atoms with Gasteiger partial charge >= 0.3 is 0 Å². The van der Waals surface area contributed by atoms with Crippen LogP contribution < -0.4 is 15.8 Å². The molecule has 0 saturated heterocycles. The Hall–Kier alpha value is -4.10. The summed E-state index contributed by atoms with van der Waals surface area (Å²) in [6, 6.07) is 3.48. The van der Waals surface area contributed by atoms with Gasteiger partial charge in [0, 0.05) is 45.1 Å². The third-order valence-corrected chi connectivity index (χ3v) is 5.68. The van der Waals surface area contributed by atoms with Gasteiger partial charge in [-0.2, -0.15) is 10.2 Å². The number of aromatic nitrogens is 7. The van der Waals surface area contributed by atoms with Crippen molar-refractivity contribution < 1.29 is 4.74 Å². The van der Waals surface area contributed by atoms with Crippen molar-refractivity contribution >= 4 is 23.1 Å². The van der Waals surface area contributed by atoms with Gasteiger partial charge in [0.1, 0.15) is 16.5 Å². The highest BCUT2D eigenvalue weighted by atomic mass is 35.5. The first kappa shape index (κ1) is 25.0. The van der Waals surface area contributed by atoms with E-state index in [0.29, 0.717) is 35.7 Å². The number of anilines is 2. The molecule has 0 aromatic carbocycles. The topological polar surface area (TPSA) is 122 Å². The minimum atomic E-state index is 0.0607. The maximum atomic E-state index is 6.17. The molecule has 4 aromatic rings. The lowest BCUT2D eigenvalue weighted by Gasteiger charge is -2.17. The second-order valence-corrected chi connectivity index (χ2v) is 8.87. The fraction of sp³-hybridized carbons (Fsp3) is 0.320. The van der Waals surface area contributed by atoms with Crippen LogP contribution in [0.1, 0.15) is 35.9 Å². The van der Waals surface area contributed by atoms with E-state index in [1.165, 1.54) is 0 Å². The Morgan fingerprint density at radius 3 is 2.64 bits per heavy atom. The number of nitrogen functional groups attached to an aromatic ring is 1. The number of nitrogens with zero attached hydrogens (tertiary/aromatic N) is 7. The number of nitrogens with one attached hydrogen (secondary N) is 1. The largest absolute Gasteiger partial charge is 0.477 e. The Kier molecular flexibility index (Phi) is 7.41. The lowest BCUT2D eigenvalue weighted by molar-refractivity contribution is 0.280. The Balaban J connectivity index is 1.45. The standard InChI is InChI=1S/C25H28ClN9O/c1-15(9-11-36-25-23(17(3)33-35(25)5)24-28-10-8-22(27)31-24)30-20-12-21(26)29-13-18(20)6-7-19-14-34(4)32-16(19)2/h8,10,12-15H,9,11H2,1-5H3,(H,29,30)(H2,27,28,31)/t15-/m0/s1. The van der Waals surface area contributed by atoms with Crippen molar-refractivity contribution in [3.63, 3.8) is 0 Å². The third-order valence-electron chi connectivity index (χ3n) is 5.48. The Morgan fingerprint density at radius 2 is 1.92 bits per heavy atom. The fourth-order valence-corrected chi connectivity index (χ4v) is 3.89. The summed E-state index contributed by atoms with van der Waals surface area (Å²) in [4.78, 5) is 12.9. The summed E-state index contributed by atoms with van der Waals surface area (Å²) in [5.41, 5.74) is 10.6. The summed E-state index contributed by atoms with van der Waals surface area (Å²) >= 11 is 6.17. The van der Waals surface area contributed by atoms with Crippen molar-refractivity contribution in [2.75, 3.05) is 17.7 Å². The highest BCUT2D eigenvalue weighted by molar-refractivity contribution is 6.29. The van der Waals surface area contributed by atoms with Crippen LogP contribution in [0.3, 0.4) is 0 Å². The SMILES string of the molecule is Cc1nn(C)cc1C#Cc1cnc(Cl)cc1N[C@@H](C)CCOc1c(-c2nccc(N)n2)c(C)nn1C. The summed E-state index contributed by atoms with van der Waals surface area (Å²) in [6.07, 6.45) is 5.89. The number of aryl methyl sites for hydroxylation is 4. The summed E-state index contributed by atoms with van der Waals surface area (Å²) in [6.45, 7) is 6.33. The molecule has 0 saturated carbocycles. The average molecular weight is 506 g/mol. The normalized spacial score (nSPS) is 11.6. The van der Waals surface area contributed by atoms with Gasteiger partial charge < -0.3 is 15.8 Å². The first-order chi connectivity index (χ1) is 17.2. The molecule has 3 N–H and O–H groups in total. The maximum Gasteiger partial charge on any atom is 0.223 e. The van der Waals surface area contributed by atoms with Crippen LogP contribution in [0.4, 0.5) is 11.5 Å². The van der Waals surface area contributed by atoms with E-state index in [1.54, 1.807) is 33.9 Å². The minimum absolute atomic E-state index is 0.0607. The molecule has 0 radical (unpaired) electrons. The molecular formula is C25H28ClN9O. The summed E-state index contributed by atoms with van der Waals surface area (Å²) < 4.78 is 9.56. The Bertz CT molecular complexity index is 1450. The van der Waals surface area contributed by atoms with Crippen LogP contribution in [0.15, 0.2) is 30.7 Å². The van der Waals surface area contributed by atoms with E-state index in [0.717, 1.165) is 33.8 Å². The number of hydrogen-bond acceptors (Lipinski definition) is 8. The van der Waals surface area contributed by atoms with Crippen molar-refractivity contribution in [1.29, 1.82) is 0 Å². The van der Waals surface area contributed by atoms with E-state index in [2.05, 4.69) is 49.2 Å². The molecule has 4 heterocycles. The van der Waals surface area contributed by atoms with Gasteiger partial charge in [-0.05, 0) is 32.9 Å². The first-order valence-electron chi connectivity index (χ1n) is 11.4. The molecular weight excluding hydrogens is 478 g/mol. The molecule has 0 aliphatic rings. The van der Waals surface area contributed by atoms with Crippen LogP contribution in [0.2, 0.25) is 5.15 Å². The van der Waals surface area contributed by atoms with E-state index >= 15 is 0 Å². The highest BCUT2D eigenvalue weighted by Crippen LogP contribution is 2.31. The number of halogens is 1. The number of rotatable bonds is 7. The Labute approximate surface area is 214 Å². The average Bonchev–Trinajstić information content (AvgIpc) is 3.29. The smallest absolute Gasteiger partial charge is 0.223 e. The highest BCUT2D eigenvalue weighted by Gasteiger charge is 2.19. The van der Waals surface area contributed by atoms with Crippen molar-refractivity contribution in [1.82, 2.24) is 34.5 Å². The van der Waals surface area contributed by atoms with Crippen LogP contribution in [-0.4, -0.2) is 47.2 Å². The van der Waals surface area contributed by atoms with E-state index in [9.17, 15) is 0 Å². The molecule has 11 heteroatoms. The van der Waals surface area contributed by atoms with Crippen molar-refractivity contribution in [3.05, 3.63) is 58.4 Å². The number of pyridine rings is 1. The molecule has 186 valence electrons. The molecule has 1 atom stereocenters. The molecule has 0 unspecified atom stereocenters. The molecule has 0 bridgehead atoms. The number of nitrogens with two attached hydrogens (primary N) is 1. The van der Waals surface area contributed by atoms with Gasteiger partial charge in [0.05, 0.1) is 34.8 Å². The molecule has 0 aliphatic carbocycles. The summed E-state index contributed by atoms with van der Waals surface area (Å²) in [5.74, 6) is 7.82. The molecule has 0 aliphatic heterocycles. The monoisotopic (exact) mass is 505 g/mol. The molecule has 4 aromatic heterocycles. The van der Waals surface area contributed by atoms with Crippen LogP contribution >= 0.6 is 11.6 Å². The van der Waals surface area contributed by atoms with E-state index in [4.69, 9.17) is 22.1 Å². The molecule has 0 amide bonds. The van der Waals surface area contributed by atoms with Crippen LogP contribution in [0.5, 0.6) is 5.88 Å². The van der Waals surface area contributed by atoms with Gasteiger partial charge in [0.15, 0.2) is 5.82 Å². The van der Waals surface area contributed by atoms with Crippen LogP contribution in [0, 0.1) is 25.7 Å². The maximum absolute atomic E-state index is 6.17. The molecule has 0 spiro atoms. The fourth-order valence-electron chi connectivity index (χ4n) is 3.73. The van der Waals surface area contributed by atoms with Crippen LogP contribution in [0.25, 0.3) is 11.4 Å². The summed E-state index contributed by atoms with van der Waals surface area (Å²) in [5, 5.41) is 12.7. The quantitative estimate of drug-likeness (QED) is 0.289. The van der Waals surface area contributed by atoms with Crippen molar-refractivity contribution in [2.45, 2.75) is 33.2 Å². The predicted octanol–water partition coefficient (Wildman–Crippen LogP) is 3.53. The van der Waals surface area contributed by atoms with Gasteiger partial charge in [-0.1, -0.05) is 23.4 Å². The Morgan fingerprint density at radius 1 is 1.14 bits per heavy atom. The van der Waals surface area contributed by atoms with Crippen molar-refractivity contribution in [2.24, 2.45) is 14.1 Å². The first-order valence-corrected chi connectivity index (χ1v) is 11.8. The van der Waals surface area contributed by atoms with E-state index in [-0.39, 0.29) is 6.04 Å². The van der Waals surface area contributed by atoms with E-state index < -0.39 is 0 Å². The zero-order chi connectivity index (χ0) is 25.8. The molecule has 0 fully saturated rings. The number of ether oxygens (including phenoxy) is 1. The van der Waals surface area contributed by atoms with E-state index in [1.807, 2.05) is 34.1 Å². The van der Waals surface area contributed by atoms with Gasteiger partial charge in [0.2, 0.25) is 5.88 Å². The lowest BCUT2D eigenvalue weighted by Crippen LogP contribution is -2.19. The third kappa shape index (κ3) is 5.75. The minimum Gasteiger partial charge on any atom is -0.477 e. The molecule has 4 rings (SSSR count). The van der Waals surface area contributed by atoms with Gasteiger partial charge in [0.25, 0.3) is 0 Å². The van der Waals surface area contributed by atoms with Crippen molar-refractivity contribution in [3.8, 4) is 29.1 Å². The van der Waals surface area contributed by atoms with Crippen LogP contribution in [-0.2, 0) is 14.1 Å². The van der Waals surface area contributed by atoms with Gasteiger partial charge in [-0.15, -0.1) is 0 Å².